The first-order chi connectivity index (χ1) is 11.5. The zero-order chi connectivity index (χ0) is 17.2. The summed E-state index contributed by atoms with van der Waals surface area (Å²) in [6.07, 6.45) is -0.484. The Balaban J connectivity index is 1.71. The van der Waals surface area contributed by atoms with Crippen LogP contribution in [-0.2, 0) is 10.0 Å². The van der Waals surface area contributed by atoms with E-state index in [2.05, 4.69) is 10.6 Å². The molecule has 0 spiro atoms. The fraction of sp³-hybridized carbons (Fsp3) is 0.643. The van der Waals surface area contributed by atoms with Crippen molar-refractivity contribution in [2.75, 3.05) is 44.2 Å². The molecule has 0 bridgehead atoms. The van der Waals surface area contributed by atoms with Crippen LogP contribution < -0.4 is 10.6 Å². The first-order valence-corrected chi connectivity index (χ1v) is 11.3. The molecule has 1 amide bonds. The number of rotatable bonds is 5. The first-order valence-electron chi connectivity index (χ1n) is 7.82. The van der Waals surface area contributed by atoms with Crippen LogP contribution in [0.25, 0.3) is 0 Å². The van der Waals surface area contributed by atoms with Crippen LogP contribution in [0.5, 0.6) is 0 Å². The molecule has 2 aliphatic rings. The average Bonchev–Trinajstić information content (AvgIpc) is 3.23. The molecular formula is C14H21N3O4S3. The highest BCUT2D eigenvalue weighted by Crippen LogP contribution is 2.27. The summed E-state index contributed by atoms with van der Waals surface area (Å²) in [4.78, 5) is 12.7. The zero-order valence-corrected chi connectivity index (χ0v) is 15.6. The third-order valence-corrected chi connectivity index (χ3v) is 8.18. The number of carbonyl (C=O) groups is 1. The normalized spacial score (nSPS) is 25.7. The van der Waals surface area contributed by atoms with E-state index in [0.717, 1.165) is 22.8 Å². The smallest absolute Gasteiger partial charge is 0.262 e. The molecule has 2 atom stereocenters. The fourth-order valence-corrected chi connectivity index (χ4v) is 6.72. The van der Waals surface area contributed by atoms with E-state index in [4.69, 9.17) is 0 Å². The van der Waals surface area contributed by atoms with Gasteiger partial charge in [-0.05, 0) is 11.4 Å². The van der Waals surface area contributed by atoms with E-state index in [-0.39, 0.29) is 15.7 Å². The molecule has 10 heteroatoms. The highest BCUT2D eigenvalue weighted by Gasteiger charge is 2.32. The minimum Gasteiger partial charge on any atom is -0.391 e. The van der Waals surface area contributed by atoms with Crippen molar-refractivity contribution in [1.82, 2.24) is 14.9 Å². The Morgan fingerprint density at radius 2 is 2.12 bits per heavy atom. The molecular weight excluding hydrogens is 370 g/mol. The summed E-state index contributed by atoms with van der Waals surface area (Å²) in [5, 5.41) is 17.2. The summed E-state index contributed by atoms with van der Waals surface area (Å²) in [5.41, 5.74) is 0. The number of nitrogens with zero attached hydrogens (tertiary/aromatic N) is 1. The van der Waals surface area contributed by atoms with Crippen LogP contribution in [-0.4, -0.2) is 74.1 Å². The molecule has 1 aromatic heterocycles. The largest absolute Gasteiger partial charge is 0.391 e. The molecule has 7 nitrogen and oxygen atoms in total. The van der Waals surface area contributed by atoms with Gasteiger partial charge in [0, 0.05) is 50.1 Å². The van der Waals surface area contributed by atoms with E-state index in [1.165, 1.54) is 10.4 Å². The summed E-state index contributed by atoms with van der Waals surface area (Å²) < 4.78 is 27.0. The minimum atomic E-state index is -3.63. The van der Waals surface area contributed by atoms with Gasteiger partial charge in [-0.25, -0.2) is 8.42 Å². The lowest BCUT2D eigenvalue weighted by atomic mass is 10.1. The molecule has 3 N–H and O–H groups in total. The SMILES string of the molecule is O=C(NCC1CNCC1O)c1sccc1S(=O)(=O)N1CCSCC1. The summed E-state index contributed by atoms with van der Waals surface area (Å²) in [6.45, 7) is 2.44. The van der Waals surface area contributed by atoms with Crippen molar-refractivity contribution < 1.29 is 18.3 Å². The summed E-state index contributed by atoms with van der Waals surface area (Å²) >= 11 is 2.86. The molecule has 3 rings (SSSR count). The average molecular weight is 392 g/mol. The Morgan fingerprint density at radius 1 is 1.38 bits per heavy atom. The van der Waals surface area contributed by atoms with Crippen LogP contribution in [0.3, 0.4) is 0 Å². The van der Waals surface area contributed by atoms with E-state index >= 15 is 0 Å². The highest BCUT2D eigenvalue weighted by atomic mass is 32.2. The number of carbonyl (C=O) groups excluding carboxylic acids is 1. The van der Waals surface area contributed by atoms with Gasteiger partial charge in [-0.1, -0.05) is 0 Å². The minimum absolute atomic E-state index is 0.0481. The number of amides is 1. The molecule has 134 valence electrons. The van der Waals surface area contributed by atoms with Crippen LogP contribution in [0.1, 0.15) is 9.67 Å². The van der Waals surface area contributed by atoms with E-state index in [1.807, 2.05) is 0 Å². The Kier molecular flexibility index (Phi) is 5.83. The Labute approximate surface area is 149 Å². The number of hydrogen-bond acceptors (Lipinski definition) is 7. The van der Waals surface area contributed by atoms with Crippen molar-refractivity contribution in [3.05, 3.63) is 16.3 Å². The maximum Gasteiger partial charge on any atom is 0.262 e. The highest BCUT2D eigenvalue weighted by molar-refractivity contribution is 7.99. The number of β-amino-alcohol motifs (C(OH)–C–C–N with tert-alkyl or cyclic N) is 1. The predicted molar refractivity (Wildman–Crippen MR) is 95.1 cm³/mol. The van der Waals surface area contributed by atoms with Gasteiger partial charge in [-0.2, -0.15) is 16.1 Å². The van der Waals surface area contributed by atoms with E-state index in [0.29, 0.717) is 32.7 Å². The molecule has 1 aromatic rings. The van der Waals surface area contributed by atoms with Crippen molar-refractivity contribution in [2.45, 2.75) is 11.0 Å². The number of nitrogens with one attached hydrogen (secondary N) is 2. The molecule has 0 radical (unpaired) electrons. The van der Waals surface area contributed by atoms with Gasteiger partial charge < -0.3 is 15.7 Å². The molecule has 2 aliphatic heterocycles. The van der Waals surface area contributed by atoms with Crippen molar-refractivity contribution in [1.29, 1.82) is 0 Å². The molecule has 3 heterocycles. The van der Waals surface area contributed by atoms with Gasteiger partial charge >= 0.3 is 0 Å². The molecule has 2 fully saturated rings. The van der Waals surface area contributed by atoms with Gasteiger partial charge in [0.05, 0.1) is 6.10 Å². The van der Waals surface area contributed by atoms with Crippen molar-refractivity contribution in [3.63, 3.8) is 0 Å². The number of aliphatic hydroxyl groups is 1. The van der Waals surface area contributed by atoms with Gasteiger partial charge in [0.1, 0.15) is 9.77 Å². The summed E-state index contributed by atoms with van der Waals surface area (Å²) in [7, 11) is -3.63. The number of thioether (sulfide) groups is 1. The predicted octanol–water partition coefficient (Wildman–Crippen LogP) is -0.204. The number of aliphatic hydroxyl groups excluding tert-OH is 1. The lowest BCUT2D eigenvalue weighted by Crippen LogP contribution is -2.39. The van der Waals surface area contributed by atoms with Crippen LogP contribution >= 0.6 is 23.1 Å². The van der Waals surface area contributed by atoms with Crippen LogP contribution in [0.15, 0.2) is 16.3 Å². The van der Waals surface area contributed by atoms with Crippen LogP contribution in [0.2, 0.25) is 0 Å². The molecule has 24 heavy (non-hydrogen) atoms. The molecule has 0 aliphatic carbocycles. The second kappa shape index (κ2) is 7.71. The van der Waals surface area contributed by atoms with Gasteiger partial charge in [-0.3, -0.25) is 4.79 Å². The van der Waals surface area contributed by atoms with Gasteiger partial charge in [0.25, 0.3) is 5.91 Å². The van der Waals surface area contributed by atoms with Gasteiger partial charge in [-0.15, -0.1) is 11.3 Å². The third-order valence-electron chi connectivity index (χ3n) is 4.25. The second-order valence-electron chi connectivity index (χ2n) is 5.83. The topological polar surface area (TPSA) is 98.7 Å². The van der Waals surface area contributed by atoms with E-state index in [9.17, 15) is 18.3 Å². The molecule has 0 aromatic carbocycles. The fourth-order valence-electron chi connectivity index (χ4n) is 2.82. The number of sulfonamides is 1. The summed E-state index contributed by atoms with van der Waals surface area (Å²) in [6, 6.07) is 1.50. The van der Waals surface area contributed by atoms with Crippen molar-refractivity contribution >= 4 is 39.0 Å². The van der Waals surface area contributed by atoms with Crippen LogP contribution in [0, 0.1) is 5.92 Å². The van der Waals surface area contributed by atoms with Crippen molar-refractivity contribution in [2.24, 2.45) is 5.92 Å². The third kappa shape index (κ3) is 3.78. The quantitative estimate of drug-likeness (QED) is 0.643. The Hall–Kier alpha value is -0.650. The molecule has 2 saturated heterocycles. The van der Waals surface area contributed by atoms with E-state index in [1.54, 1.807) is 17.1 Å². The molecule has 2 unspecified atom stereocenters. The van der Waals surface area contributed by atoms with E-state index < -0.39 is 22.0 Å². The second-order valence-corrected chi connectivity index (χ2v) is 9.87. The van der Waals surface area contributed by atoms with Gasteiger partial charge in [0.2, 0.25) is 10.0 Å². The lowest BCUT2D eigenvalue weighted by molar-refractivity contribution is 0.0928. The van der Waals surface area contributed by atoms with Crippen molar-refractivity contribution in [3.8, 4) is 0 Å². The zero-order valence-electron chi connectivity index (χ0n) is 13.1. The standard InChI is InChI=1S/C14H21N3O4S3/c18-11-9-15-7-10(11)8-16-14(19)13-12(1-4-23-13)24(20,21)17-2-5-22-6-3-17/h1,4,10-11,15,18H,2-3,5-9H2,(H,16,19). The first kappa shape index (κ1) is 18.2. The number of hydrogen-bond donors (Lipinski definition) is 3. The summed E-state index contributed by atoms with van der Waals surface area (Å²) in [5.74, 6) is 1.11. The maximum absolute atomic E-state index is 12.8. The lowest BCUT2D eigenvalue weighted by Gasteiger charge is -2.25. The monoisotopic (exact) mass is 391 g/mol. The maximum atomic E-state index is 12.8. The Morgan fingerprint density at radius 3 is 2.79 bits per heavy atom. The molecule has 0 saturated carbocycles. The van der Waals surface area contributed by atoms with Gasteiger partial charge in [0.15, 0.2) is 0 Å². The number of thiophene rings is 1. The van der Waals surface area contributed by atoms with Crippen LogP contribution in [0.4, 0.5) is 0 Å². The Bertz CT molecular complexity index is 685.